The topological polar surface area (TPSA) is 34.4 Å². The molecule has 2 aromatic rings. The van der Waals surface area contributed by atoms with Crippen LogP contribution in [0.2, 0.25) is 0 Å². The molecular weight excluding hydrogens is 226 g/mol. The van der Waals surface area contributed by atoms with Crippen LogP contribution in [0.5, 0.6) is 5.75 Å². The van der Waals surface area contributed by atoms with Crippen LogP contribution in [-0.2, 0) is 6.54 Å². The molecular formula is C15H19NO2. The lowest BCUT2D eigenvalue weighted by molar-refractivity contribution is 0.411. The summed E-state index contributed by atoms with van der Waals surface area (Å²) < 4.78 is 11.1. The summed E-state index contributed by atoms with van der Waals surface area (Å²) in [4.78, 5) is 0. The van der Waals surface area contributed by atoms with Crippen molar-refractivity contribution in [3.8, 4) is 17.1 Å². The predicted octanol–water partition coefficient (Wildman–Crippen LogP) is 3.37. The van der Waals surface area contributed by atoms with E-state index in [0.29, 0.717) is 0 Å². The van der Waals surface area contributed by atoms with Crippen LogP contribution in [0.15, 0.2) is 34.7 Å². The summed E-state index contributed by atoms with van der Waals surface area (Å²) in [6, 6.07) is 10.1. The Morgan fingerprint density at radius 2 is 2.06 bits per heavy atom. The summed E-state index contributed by atoms with van der Waals surface area (Å²) in [5.41, 5.74) is 2.19. The van der Waals surface area contributed by atoms with Gasteiger partial charge in [-0.3, -0.25) is 0 Å². The molecule has 2 rings (SSSR count). The Kier molecular flexibility index (Phi) is 4.05. The second-order valence-electron chi connectivity index (χ2n) is 4.23. The third-order valence-electron chi connectivity index (χ3n) is 2.89. The molecule has 1 aromatic heterocycles. The van der Waals surface area contributed by atoms with Gasteiger partial charge in [0.2, 0.25) is 0 Å². The normalized spacial score (nSPS) is 10.6. The number of rotatable bonds is 5. The molecule has 0 unspecified atom stereocenters. The van der Waals surface area contributed by atoms with Crippen LogP contribution >= 0.6 is 0 Å². The molecule has 0 saturated carbocycles. The van der Waals surface area contributed by atoms with Gasteiger partial charge in [-0.1, -0.05) is 6.92 Å². The van der Waals surface area contributed by atoms with Gasteiger partial charge in [0.25, 0.3) is 0 Å². The molecule has 0 aliphatic heterocycles. The zero-order valence-electron chi connectivity index (χ0n) is 11.1. The first-order valence-corrected chi connectivity index (χ1v) is 6.19. The van der Waals surface area contributed by atoms with Crippen molar-refractivity contribution in [1.29, 1.82) is 0 Å². The number of nitrogens with one attached hydrogen (secondary N) is 1. The molecule has 0 aliphatic carbocycles. The van der Waals surface area contributed by atoms with E-state index in [0.717, 1.165) is 41.5 Å². The highest BCUT2D eigenvalue weighted by atomic mass is 16.5. The molecule has 0 fully saturated rings. The van der Waals surface area contributed by atoms with Crippen molar-refractivity contribution in [3.63, 3.8) is 0 Å². The zero-order valence-corrected chi connectivity index (χ0v) is 11.1. The molecule has 3 heteroatoms. The fourth-order valence-electron chi connectivity index (χ4n) is 1.91. The van der Waals surface area contributed by atoms with Gasteiger partial charge < -0.3 is 14.5 Å². The van der Waals surface area contributed by atoms with Crippen molar-refractivity contribution < 1.29 is 9.15 Å². The molecule has 3 nitrogen and oxygen atoms in total. The summed E-state index contributed by atoms with van der Waals surface area (Å²) in [5, 5.41) is 3.25. The minimum absolute atomic E-state index is 0.769. The first-order chi connectivity index (χ1) is 8.74. The Labute approximate surface area is 108 Å². The summed E-state index contributed by atoms with van der Waals surface area (Å²) in [6.45, 7) is 5.82. The Balaban J connectivity index is 2.20. The summed E-state index contributed by atoms with van der Waals surface area (Å²) in [7, 11) is 1.68. The van der Waals surface area contributed by atoms with Crippen LogP contribution < -0.4 is 10.1 Å². The van der Waals surface area contributed by atoms with E-state index in [4.69, 9.17) is 9.15 Å². The third kappa shape index (κ3) is 2.74. The fraction of sp³-hybridized carbons (Fsp3) is 0.333. The van der Waals surface area contributed by atoms with Gasteiger partial charge in [0.15, 0.2) is 0 Å². The second kappa shape index (κ2) is 5.74. The minimum atomic E-state index is 0.769. The molecule has 1 heterocycles. The van der Waals surface area contributed by atoms with Crippen molar-refractivity contribution in [3.05, 3.63) is 41.7 Å². The first kappa shape index (κ1) is 12.7. The molecule has 0 aliphatic rings. The quantitative estimate of drug-likeness (QED) is 0.877. The Morgan fingerprint density at radius 3 is 2.72 bits per heavy atom. The predicted molar refractivity (Wildman–Crippen MR) is 72.8 cm³/mol. The standard InChI is InChI=1S/C15H19NO2/c1-4-16-10-13-6-8-15(18-13)12-5-7-14(17-3)11(2)9-12/h5-9,16H,4,10H2,1-3H3. The lowest BCUT2D eigenvalue weighted by Gasteiger charge is -2.05. The van der Waals surface area contributed by atoms with E-state index >= 15 is 0 Å². The van der Waals surface area contributed by atoms with Gasteiger partial charge in [-0.15, -0.1) is 0 Å². The number of benzene rings is 1. The zero-order chi connectivity index (χ0) is 13.0. The highest BCUT2D eigenvalue weighted by molar-refractivity contribution is 5.60. The number of hydrogen-bond acceptors (Lipinski definition) is 3. The van der Waals surface area contributed by atoms with Crippen molar-refractivity contribution in [2.24, 2.45) is 0 Å². The Hall–Kier alpha value is -1.74. The van der Waals surface area contributed by atoms with E-state index in [1.165, 1.54) is 0 Å². The highest BCUT2D eigenvalue weighted by Gasteiger charge is 2.06. The van der Waals surface area contributed by atoms with Crippen molar-refractivity contribution >= 4 is 0 Å². The van der Waals surface area contributed by atoms with E-state index in [-0.39, 0.29) is 0 Å². The van der Waals surface area contributed by atoms with Gasteiger partial charge in [0.1, 0.15) is 17.3 Å². The van der Waals surface area contributed by atoms with Crippen LogP contribution in [0.4, 0.5) is 0 Å². The van der Waals surface area contributed by atoms with Crippen molar-refractivity contribution in [2.75, 3.05) is 13.7 Å². The van der Waals surface area contributed by atoms with E-state index in [1.54, 1.807) is 7.11 Å². The van der Waals surface area contributed by atoms with Crippen molar-refractivity contribution in [2.45, 2.75) is 20.4 Å². The van der Waals surface area contributed by atoms with E-state index in [2.05, 4.69) is 18.3 Å². The average molecular weight is 245 g/mol. The van der Waals surface area contributed by atoms with Crippen LogP contribution in [0.3, 0.4) is 0 Å². The van der Waals surface area contributed by atoms with Gasteiger partial charge in [0.05, 0.1) is 13.7 Å². The Bertz CT molecular complexity index is 517. The number of ether oxygens (including phenoxy) is 1. The summed E-state index contributed by atoms with van der Waals surface area (Å²) >= 11 is 0. The smallest absolute Gasteiger partial charge is 0.134 e. The molecule has 1 N–H and O–H groups in total. The molecule has 0 atom stereocenters. The Morgan fingerprint density at radius 1 is 1.22 bits per heavy atom. The number of furan rings is 1. The highest BCUT2D eigenvalue weighted by Crippen LogP contribution is 2.27. The SMILES string of the molecule is CCNCc1ccc(-c2ccc(OC)c(C)c2)o1. The van der Waals surface area contributed by atoms with Gasteiger partial charge in [-0.2, -0.15) is 0 Å². The fourth-order valence-corrected chi connectivity index (χ4v) is 1.91. The number of hydrogen-bond donors (Lipinski definition) is 1. The van der Waals surface area contributed by atoms with Gasteiger partial charge >= 0.3 is 0 Å². The number of methoxy groups -OCH3 is 1. The molecule has 18 heavy (non-hydrogen) atoms. The number of aryl methyl sites for hydroxylation is 1. The lowest BCUT2D eigenvalue weighted by atomic mass is 10.1. The summed E-state index contributed by atoms with van der Waals surface area (Å²) in [5.74, 6) is 2.76. The minimum Gasteiger partial charge on any atom is -0.496 e. The van der Waals surface area contributed by atoms with Gasteiger partial charge in [-0.25, -0.2) is 0 Å². The van der Waals surface area contributed by atoms with E-state index < -0.39 is 0 Å². The molecule has 96 valence electrons. The maximum absolute atomic E-state index is 5.80. The molecule has 0 radical (unpaired) electrons. The van der Waals surface area contributed by atoms with Gasteiger partial charge in [0, 0.05) is 5.56 Å². The largest absolute Gasteiger partial charge is 0.496 e. The summed E-state index contributed by atoms with van der Waals surface area (Å²) in [6.07, 6.45) is 0. The maximum Gasteiger partial charge on any atom is 0.134 e. The molecule has 0 spiro atoms. The third-order valence-corrected chi connectivity index (χ3v) is 2.89. The molecule has 0 saturated heterocycles. The maximum atomic E-state index is 5.80. The first-order valence-electron chi connectivity index (χ1n) is 6.19. The second-order valence-corrected chi connectivity index (χ2v) is 4.23. The molecule has 1 aromatic carbocycles. The van der Waals surface area contributed by atoms with Gasteiger partial charge in [-0.05, 0) is 49.4 Å². The van der Waals surface area contributed by atoms with Crippen LogP contribution in [0, 0.1) is 6.92 Å². The molecule has 0 amide bonds. The van der Waals surface area contributed by atoms with Crippen LogP contribution in [0.1, 0.15) is 18.2 Å². The van der Waals surface area contributed by atoms with Crippen molar-refractivity contribution in [1.82, 2.24) is 5.32 Å². The van der Waals surface area contributed by atoms with Crippen LogP contribution in [-0.4, -0.2) is 13.7 Å². The monoisotopic (exact) mass is 245 g/mol. The van der Waals surface area contributed by atoms with E-state index in [9.17, 15) is 0 Å². The molecule has 0 bridgehead atoms. The average Bonchev–Trinajstić information content (AvgIpc) is 2.85. The van der Waals surface area contributed by atoms with Crippen LogP contribution in [0.25, 0.3) is 11.3 Å². The lowest BCUT2D eigenvalue weighted by Crippen LogP contribution is -2.10. The van der Waals surface area contributed by atoms with E-state index in [1.807, 2.05) is 31.2 Å².